The van der Waals surface area contributed by atoms with Crippen molar-refractivity contribution in [2.24, 2.45) is 0 Å². The van der Waals surface area contributed by atoms with Crippen LogP contribution in [0.15, 0.2) is 12.1 Å². The molecule has 102 valence electrons. The first-order chi connectivity index (χ1) is 9.26. The van der Waals surface area contributed by atoms with Crippen LogP contribution in [0.3, 0.4) is 0 Å². The summed E-state index contributed by atoms with van der Waals surface area (Å²) in [6.45, 7) is 6.22. The van der Waals surface area contributed by atoms with Crippen LogP contribution in [-0.2, 0) is 6.54 Å². The van der Waals surface area contributed by atoms with Gasteiger partial charge in [0.05, 0.1) is 0 Å². The van der Waals surface area contributed by atoms with Crippen LogP contribution in [0, 0.1) is 0 Å². The van der Waals surface area contributed by atoms with E-state index in [-0.39, 0.29) is 5.91 Å². The molecule has 0 aliphatic carbocycles. The van der Waals surface area contributed by atoms with Crippen LogP contribution in [0.5, 0.6) is 0 Å². The quantitative estimate of drug-likeness (QED) is 0.845. The predicted molar refractivity (Wildman–Crippen MR) is 76.8 cm³/mol. The van der Waals surface area contributed by atoms with Gasteiger partial charge >= 0.3 is 0 Å². The van der Waals surface area contributed by atoms with Gasteiger partial charge in [-0.1, -0.05) is 13.0 Å². The number of nitrogens with one attached hydrogen (secondary N) is 2. The number of nitrogens with zero attached hydrogens (tertiary/aromatic N) is 1. The lowest BCUT2D eigenvalue weighted by molar-refractivity contribution is 0.0962. The summed E-state index contributed by atoms with van der Waals surface area (Å²) in [4.78, 5) is 14.5. The van der Waals surface area contributed by atoms with Crippen LogP contribution >= 0.6 is 0 Å². The molecule has 0 saturated carbocycles. The molecule has 0 aromatic heterocycles. The van der Waals surface area contributed by atoms with Gasteiger partial charge in [-0.25, -0.2) is 0 Å². The predicted octanol–water partition coefficient (Wildman–Crippen LogP) is 1.46. The molecule has 0 spiro atoms. The van der Waals surface area contributed by atoms with Crippen molar-refractivity contribution in [1.29, 1.82) is 0 Å². The molecule has 0 saturated heterocycles. The first kappa shape index (κ1) is 12.5. The number of carbonyl (C=O) groups excluding carboxylic acids is 1. The number of hydrogen-bond donors (Lipinski definition) is 2. The van der Waals surface area contributed by atoms with E-state index in [1.807, 2.05) is 6.07 Å². The fourth-order valence-corrected chi connectivity index (χ4v) is 3.34. The van der Waals surface area contributed by atoms with Crippen LogP contribution < -0.4 is 15.5 Å². The van der Waals surface area contributed by atoms with Gasteiger partial charge in [0.2, 0.25) is 0 Å². The van der Waals surface area contributed by atoms with E-state index in [0.717, 1.165) is 38.2 Å². The monoisotopic (exact) mass is 259 g/mol. The lowest BCUT2D eigenvalue weighted by Crippen LogP contribution is -2.28. The van der Waals surface area contributed by atoms with E-state index in [1.54, 1.807) is 7.05 Å². The first-order valence-electron chi connectivity index (χ1n) is 7.09. The third kappa shape index (κ3) is 1.91. The first-order valence-corrected chi connectivity index (χ1v) is 7.09. The summed E-state index contributed by atoms with van der Waals surface area (Å²) in [7, 11) is 1.70. The maximum absolute atomic E-state index is 12.1. The number of carbonyl (C=O) groups is 1. The Hall–Kier alpha value is -1.55. The normalized spacial score (nSPS) is 20.9. The average molecular weight is 259 g/mol. The van der Waals surface area contributed by atoms with Gasteiger partial charge in [0.25, 0.3) is 5.91 Å². The van der Waals surface area contributed by atoms with Gasteiger partial charge < -0.3 is 15.5 Å². The van der Waals surface area contributed by atoms with Gasteiger partial charge in [0, 0.05) is 50.4 Å². The molecule has 3 rings (SSSR count). The summed E-state index contributed by atoms with van der Waals surface area (Å²) in [5.74, 6) is 0.524. The molecule has 2 aliphatic rings. The Kier molecular flexibility index (Phi) is 3.19. The van der Waals surface area contributed by atoms with Crippen LogP contribution in [0.4, 0.5) is 5.69 Å². The Morgan fingerprint density at radius 2 is 2.37 bits per heavy atom. The van der Waals surface area contributed by atoms with Crippen molar-refractivity contribution in [3.05, 3.63) is 28.8 Å². The number of amides is 1. The second-order valence-corrected chi connectivity index (χ2v) is 5.34. The van der Waals surface area contributed by atoms with E-state index in [9.17, 15) is 4.79 Å². The molecule has 2 heterocycles. The lowest BCUT2D eigenvalue weighted by atomic mass is 9.91. The molecule has 4 nitrogen and oxygen atoms in total. The Labute approximate surface area is 114 Å². The SMILES string of the molecule is CC[C@H]1CN2CCNCc3ccc(C(=O)NC)c1c32. The van der Waals surface area contributed by atoms with E-state index < -0.39 is 0 Å². The van der Waals surface area contributed by atoms with Crippen LogP contribution in [-0.4, -0.2) is 32.6 Å². The van der Waals surface area contributed by atoms with E-state index in [4.69, 9.17) is 0 Å². The maximum atomic E-state index is 12.1. The number of anilines is 1. The topological polar surface area (TPSA) is 44.4 Å². The highest BCUT2D eigenvalue weighted by Gasteiger charge is 2.34. The molecular formula is C15H21N3O. The summed E-state index contributed by atoms with van der Waals surface area (Å²) in [6, 6.07) is 4.10. The molecule has 4 heteroatoms. The van der Waals surface area contributed by atoms with Crippen molar-refractivity contribution in [2.45, 2.75) is 25.8 Å². The molecule has 0 fully saturated rings. The summed E-state index contributed by atoms with van der Waals surface area (Å²) in [6.07, 6.45) is 1.09. The summed E-state index contributed by atoms with van der Waals surface area (Å²) >= 11 is 0. The van der Waals surface area contributed by atoms with Crippen molar-refractivity contribution in [1.82, 2.24) is 10.6 Å². The smallest absolute Gasteiger partial charge is 0.251 e. The van der Waals surface area contributed by atoms with E-state index in [2.05, 4.69) is 28.5 Å². The molecule has 0 unspecified atom stereocenters. The molecule has 0 radical (unpaired) electrons. The highest BCUT2D eigenvalue weighted by molar-refractivity contribution is 5.98. The van der Waals surface area contributed by atoms with Crippen molar-refractivity contribution in [3.63, 3.8) is 0 Å². The number of hydrogen-bond acceptors (Lipinski definition) is 3. The second-order valence-electron chi connectivity index (χ2n) is 5.34. The Balaban J connectivity index is 2.18. The van der Waals surface area contributed by atoms with Gasteiger partial charge in [-0.2, -0.15) is 0 Å². The maximum Gasteiger partial charge on any atom is 0.251 e. The molecule has 1 atom stereocenters. The van der Waals surface area contributed by atoms with Crippen molar-refractivity contribution >= 4 is 11.6 Å². The zero-order valence-electron chi connectivity index (χ0n) is 11.6. The van der Waals surface area contributed by atoms with Crippen LogP contribution in [0.2, 0.25) is 0 Å². The summed E-state index contributed by atoms with van der Waals surface area (Å²) in [5, 5.41) is 6.22. The minimum atomic E-state index is 0.0373. The van der Waals surface area contributed by atoms with E-state index >= 15 is 0 Å². The molecule has 19 heavy (non-hydrogen) atoms. The molecule has 1 amide bonds. The van der Waals surface area contributed by atoms with Crippen LogP contribution in [0.25, 0.3) is 0 Å². The third-order valence-electron chi connectivity index (χ3n) is 4.30. The van der Waals surface area contributed by atoms with Crippen molar-refractivity contribution < 1.29 is 4.79 Å². The molecule has 2 N–H and O–H groups in total. The molecule has 2 aliphatic heterocycles. The molecule has 1 aromatic carbocycles. The largest absolute Gasteiger partial charge is 0.369 e. The Bertz CT molecular complexity index is 512. The van der Waals surface area contributed by atoms with Crippen molar-refractivity contribution in [3.8, 4) is 0 Å². The summed E-state index contributed by atoms with van der Waals surface area (Å²) in [5.41, 5.74) is 4.77. The fourth-order valence-electron chi connectivity index (χ4n) is 3.34. The Morgan fingerprint density at radius 3 is 3.11 bits per heavy atom. The van der Waals surface area contributed by atoms with E-state index in [1.165, 1.54) is 16.8 Å². The zero-order chi connectivity index (χ0) is 13.4. The molecular weight excluding hydrogens is 238 g/mol. The minimum absolute atomic E-state index is 0.0373. The van der Waals surface area contributed by atoms with Gasteiger partial charge in [0.15, 0.2) is 0 Å². The van der Waals surface area contributed by atoms with Gasteiger partial charge in [-0.05, 0) is 23.6 Å². The van der Waals surface area contributed by atoms with Gasteiger partial charge in [0.1, 0.15) is 0 Å². The minimum Gasteiger partial charge on any atom is -0.369 e. The Morgan fingerprint density at radius 1 is 1.53 bits per heavy atom. The summed E-state index contributed by atoms with van der Waals surface area (Å²) < 4.78 is 0. The van der Waals surface area contributed by atoms with Gasteiger partial charge in [-0.15, -0.1) is 0 Å². The third-order valence-corrected chi connectivity index (χ3v) is 4.30. The fraction of sp³-hybridized carbons (Fsp3) is 0.533. The second kappa shape index (κ2) is 4.85. The molecule has 1 aromatic rings. The average Bonchev–Trinajstić information content (AvgIpc) is 2.69. The highest BCUT2D eigenvalue weighted by Crippen LogP contribution is 2.43. The number of rotatable bonds is 2. The lowest BCUT2D eigenvalue weighted by Gasteiger charge is -2.19. The van der Waals surface area contributed by atoms with Gasteiger partial charge in [-0.3, -0.25) is 4.79 Å². The molecule has 0 bridgehead atoms. The number of benzene rings is 1. The zero-order valence-corrected chi connectivity index (χ0v) is 11.6. The standard InChI is InChI=1S/C15H21N3O/c1-3-10-9-18-7-6-17-8-11-4-5-12(15(19)16-2)13(10)14(11)18/h4-5,10,17H,3,6-9H2,1-2H3,(H,16,19)/t10-/m0/s1. The van der Waals surface area contributed by atoms with Crippen LogP contribution in [0.1, 0.15) is 40.7 Å². The van der Waals surface area contributed by atoms with E-state index in [0.29, 0.717) is 5.92 Å². The van der Waals surface area contributed by atoms with Crippen molar-refractivity contribution in [2.75, 3.05) is 31.6 Å². The highest BCUT2D eigenvalue weighted by atomic mass is 16.1.